The van der Waals surface area contributed by atoms with E-state index >= 15 is 0 Å². The van der Waals surface area contributed by atoms with Crippen LogP contribution in [-0.2, 0) is 11.4 Å². The number of halogens is 1. The van der Waals surface area contributed by atoms with Crippen molar-refractivity contribution in [3.05, 3.63) is 124 Å². The summed E-state index contributed by atoms with van der Waals surface area (Å²) in [6, 6.07) is 27.8. The third kappa shape index (κ3) is 4.19. The second-order valence-electron chi connectivity index (χ2n) is 9.30. The Balaban J connectivity index is 1.32. The molecule has 8 nitrogen and oxygen atoms in total. The van der Waals surface area contributed by atoms with Crippen molar-refractivity contribution in [2.45, 2.75) is 12.5 Å². The molecule has 1 aliphatic heterocycles. The molecule has 0 saturated heterocycles. The summed E-state index contributed by atoms with van der Waals surface area (Å²) in [4.78, 5) is 15.0. The molecule has 0 radical (unpaired) electrons. The van der Waals surface area contributed by atoms with Crippen LogP contribution in [0.1, 0.15) is 34.0 Å². The number of fused-ring (bicyclic) bond motifs is 6. The van der Waals surface area contributed by atoms with Crippen molar-refractivity contribution in [2.24, 2.45) is 5.16 Å². The number of benzene rings is 4. The number of oxime groups is 1. The molecule has 6 aromatic rings. The topological polar surface area (TPSA) is 83.1 Å². The monoisotopic (exact) mass is 547 g/mol. The van der Waals surface area contributed by atoms with Crippen LogP contribution < -0.4 is 9.47 Å². The molecule has 0 N–H and O–H groups in total. The SMILES string of the molecule is COc1ccc(C2c3c(ccc4ccccc34)Oc3ncn4nc(CON=Cc5ccccc5Cl)nc4c32)cc1. The Morgan fingerprint density at radius 1 is 0.975 bits per heavy atom. The predicted molar refractivity (Wildman–Crippen MR) is 153 cm³/mol. The van der Waals surface area contributed by atoms with E-state index in [1.165, 1.54) is 0 Å². The minimum atomic E-state index is -0.205. The van der Waals surface area contributed by atoms with Gasteiger partial charge in [-0.3, -0.25) is 0 Å². The number of aromatic nitrogens is 4. The zero-order valence-electron chi connectivity index (χ0n) is 21.4. The highest BCUT2D eigenvalue weighted by Crippen LogP contribution is 2.50. The van der Waals surface area contributed by atoms with Crippen LogP contribution in [0.3, 0.4) is 0 Å². The molecule has 1 unspecified atom stereocenters. The number of nitrogens with zero attached hydrogens (tertiary/aromatic N) is 5. The number of rotatable bonds is 6. The van der Waals surface area contributed by atoms with Crippen molar-refractivity contribution in [1.82, 2.24) is 19.6 Å². The minimum absolute atomic E-state index is 0.0744. The lowest BCUT2D eigenvalue weighted by Crippen LogP contribution is -2.15. The average molecular weight is 548 g/mol. The number of methoxy groups -OCH3 is 1. The standard InChI is InChI=1S/C31H22ClN5O3/c1-38-22-13-10-20(11-14-22)27-28-23-8-4-2-6-19(23)12-15-25(28)40-31-29(27)30-35-26(36-37(30)18-33-31)17-39-34-16-21-7-3-5-9-24(21)32/h2-16,18,27H,17H2,1H3. The van der Waals surface area contributed by atoms with Crippen molar-refractivity contribution >= 4 is 34.2 Å². The van der Waals surface area contributed by atoms with Crippen molar-refractivity contribution in [3.63, 3.8) is 0 Å². The average Bonchev–Trinajstić information content (AvgIpc) is 3.42. The minimum Gasteiger partial charge on any atom is -0.497 e. The van der Waals surface area contributed by atoms with Gasteiger partial charge in [-0.05, 0) is 40.6 Å². The van der Waals surface area contributed by atoms with Gasteiger partial charge >= 0.3 is 0 Å². The Bertz CT molecular complexity index is 1900. The lowest BCUT2D eigenvalue weighted by molar-refractivity contribution is 0.126. The van der Waals surface area contributed by atoms with E-state index in [1.807, 2.05) is 48.5 Å². The Kier molecular flexibility index (Phi) is 6.02. The summed E-state index contributed by atoms with van der Waals surface area (Å²) in [6.45, 7) is 0.0744. The molecule has 2 aromatic heterocycles. The summed E-state index contributed by atoms with van der Waals surface area (Å²) in [6.07, 6.45) is 3.17. The summed E-state index contributed by atoms with van der Waals surface area (Å²) < 4.78 is 13.5. The normalized spacial score (nSPS) is 14.2. The Morgan fingerprint density at radius 2 is 1.80 bits per heavy atom. The molecule has 3 heterocycles. The van der Waals surface area contributed by atoms with Gasteiger partial charge in [-0.2, -0.15) is 0 Å². The summed E-state index contributed by atoms with van der Waals surface area (Å²) in [7, 11) is 1.66. The Hall–Kier alpha value is -4.95. The van der Waals surface area contributed by atoms with Crippen LogP contribution in [0.2, 0.25) is 5.02 Å². The number of hydrogen-bond acceptors (Lipinski definition) is 7. The quantitative estimate of drug-likeness (QED) is 0.169. The molecule has 0 bridgehead atoms. The highest BCUT2D eigenvalue weighted by Gasteiger charge is 2.34. The van der Waals surface area contributed by atoms with E-state index in [0.29, 0.717) is 22.4 Å². The fourth-order valence-electron chi connectivity index (χ4n) is 5.11. The van der Waals surface area contributed by atoms with Crippen LogP contribution >= 0.6 is 11.6 Å². The number of hydrogen-bond donors (Lipinski definition) is 0. The predicted octanol–water partition coefficient (Wildman–Crippen LogP) is 6.78. The Morgan fingerprint density at radius 3 is 2.65 bits per heavy atom. The maximum Gasteiger partial charge on any atom is 0.228 e. The van der Waals surface area contributed by atoms with Crippen LogP contribution in [0.4, 0.5) is 0 Å². The van der Waals surface area contributed by atoms with E-state index in [0.717, 1.165) is 44.5 Å². The fourth-order valence-corrected chi connectivity index (χ4v) is 5.29. The van der Waals surface area contributed by atoms with Crippen molar-refractivity contribution < 1.29 is 14.3 Å². The van der Waals surface area contributed by atoms with Crippen molar-refractivity contribution in [1.29, 1.82) is 0 Å². The third-order valence-electron chi connectivity index (χ3n) is 6.96. The second-order valence-corrected chi connectivity index (χ2v) is 9.70. The zero-order chi connectivity index (χ0) is 27.1. The summed E-state index contributed by atoms with van der Waals surface area (Å²) in [5.41, 5.74) is 4.34. The first kappa shape index (κ1) is 24.1. The van der Waals surface area contributed by atoms with Gasteiger partial charge in [-0.25, -0.2) is 14.5 Å². The third-order valence-corrected chi connectivity index (χ3v) is 7.30. The Labute approximate surface area is 234 Å². The van der Waals surface area contributed by atoms with Gasteiger partial charge in [0.1, 0.15) is 17.8 Å². The van der Waals surface area contributed by atoms with Gasteiger partial charge in [-0.1, -0.05) is 77.4 Å². The van der Waals surface area contributed by atoms with E-state index in [1.54, 1.807) is 30.2 Å². The molecule has 0 saturated carbocycles. The van der Waals surface area contributed by atoms with Crippen molar-refractivity contribution in [3.8, 4) is 17.4 Å². The molecule has 0 aliphatic carbocycles. The van der Waals surface area contributed by atoms with Crippen molar-refractivity contribution in [2.75, 3.05) is 7.11 Å². The fraction of sp³-hybridized carbons (Fsp3) is 0.0968. The molecular weight excluding hydrogens is 526 g/mol. The molecule has 40 heavy (non-hydrogen) atoms. The second kappa shape index (κ2) is 9.98. The van der Waals surface area contributed by atoms with E-state index in [-0.39, 0.29) is 12.5 Å². The van der Waals surface area contributed by atoms with E-state index in [4.69, 9.17) is 30.9 Å². The van der Waals surface area contributed by atoms with Crippen LogP contribution in [0.15, 0.2) is 96.4 Å². The lowest BCUT2D eigenvalue weighted by Gasteiger charge is -2.29. The number of ether oxygens (including phenoxy) is 2. The molecule has 1 aliphatic rings. The van der Waals surface area contributed by atoms with E-state index < -0.39 is 0 Å². The highest BCUT2D eigenvalue weighted by molar-refractivity contribution is 6.33. The van der Waals surface area contributed by atoms with Crippen LogP contribution in [0, 0.1) is 0 Å². The van der Waals surface area contributed by atoms with Crippen LogP contribution in [-0.4, -0.2) is 32.9 Å². The maximum absolute atomic E-state index is 6.37. The zero-order valence-corrected chi connectivity index (χ0v) is 22.1. The van der Waals surface area contributed by atoms with E-state index in [2.05, 4.69) is 45.6 Å². The molecule has 1 atom stereocenters. The lowest BCUT2D eigenvalue weighted by atomic mass is 9.81. The summed E-state index contributed by atoms with van der Waals surface area (Å²) in [5, 5.41) is 11.5. The highest BCUT2D eigenvalue weighted by atomic mass is 35.5. The molecule has 0 spiro atoms. The van der Waals surface area contributed by atoms with Gasteiger partial charge in [0.25, 0.3) is 0 Å². The first-order valence-corrected chi connectivity index (χ1v) is 13.0. The van der Waals surface area contributed by atoms with Gasteiger partial charge in [0.15, 0.2) is 18.1 Å². The molecule has 0 fully saturated rings. The van der Waals surface area contributed by atoms with Gasteiger partial charge in [0.05, 0.1) is 18.9 Å². The molecule has 9 heteroatoms. The van der Waals surface area contributed by atoms with Gasteiger partial charge < -0.3 is 14.3 Å². The van der Waals surface area contributed by atoms with Gasteiger partial charge in [-0.15, -0.1) is 5.10 Å². The van der Waals surface area contributed by atoms with Crippen LogP contribution in [0.25, 0.3) is 16.4 Å². The van der Waals surface area contributed by atoms with Gasteiger partial charge in [0, 0.05) is 22.1 Å². The smallest absolute Gasteiger partial charge is 0.228 e. The first-order chi connectivity index (χ1) is 19.7. The van der Waals surface area contributed by atoms with Gasteiger partial charge in [0.2, 0.25) is 5.88 Å². The maximum atomic E-state index is 6.37. The molecule has 4 aromatic carbocycles. The largest absolute Gasteiger partial charge is 0.497 e. The summed E-state index contributed by atoms with van der Waals surface area (Å²) in [5.74, 6) is 2.30. The molecule has 7 rings (SSSR count). The van der Waals surface area contributed by atoms with Crippen LogP contribution in [0.5, 0.6) is 17.4 Å². The molecular formula is C31H22ClN5O3. The summed E-state index contributed by atoms with van der Waals surface area (Å²) >= 11 is 6.19. The molecule has 0 amide bonds. The molecule has 196 valence electrons. The van der Waals surface area contributed by atoms with E-state index in [9.17, 15) is 0 Å². The first-order valence-electron chi connectivity index (χ1n) is 12.7.